The highest BCUT2D eigenvalue weighted by molar-refractivity contribution is 5.95. The van der Waals surface area contributed by atoms with Gasteiger partial charge in [0.15, 0.2) is 5.49 Å². The molecular weight excluding hydrogens is 386 g/mol. The van der Waals surface area contributed by atoms with Gasteiger partial charge < -0.3 is 0 Å². The van der Waals surface area contributed by atoms with Gasteiger partial charge in [0.1, 0.15) is 5.82 Å². The number of halogens is 4. The number of carbonyl (C=O) groups excluding carboxylic acids is 1. The van der Waals surface area contributed by atoms with Crippen LogP contribution in [0.4, 0.5) is 17.6 Å². The summed E-state index contributed by atoms with van der Waals surface area (Å²) in [6.07, 6.45) is -1.56. The van der Waals surface area contributed by atoms with Crippen LogP contribution in [0.3, 0.4) is 0 Å². The van der Waals surface area contributed by atoms with Gasteiger partial charge in [0, 0.05) is 30.8 Å². The zero-order valence-corrected chi connectivity index (χ0v) is 17.0. The molecule has 1 fully saturated rings. The van der Waals surface area contributed by atoms with Crippen LogP contribution < -0.4 is 5.49 Å². The molecule has 0 unspecified atom stereocenters. The molecule has 0 aliphatic heterocycles. The Morgan fingerprint density at radius 3 is 2.38 bits per heavy atom. The summed E-state index contributed by atoms with van der Waals surface area (Å²) in [5, 5.41) is 0. The van der Waals surface area contributed by atoms with Crippen molar-refractivity contribution in [2.24, 2.45) is 18.0 Å². The zero-order valence-electron chi connectivity index (χ0n) is 17.0. The summed E-state index contributed by atoms with van der Waals surface area (Å²) in [6, 6.07) is 4.41. The van der Waals surface area contributed by atoms with Crippen molar-refractivity contribution in [2.45, 2.75) is 58.2 Å². The highest BCUT2D eigenvalue weighted by Crippen LogP contribution is 2.32. The van der Waals surface area contributed by atoms with Gasteiger partial charge in [0.25, 0.3) is 5.91 Å². The minimum Gasteiger partial charge on any atom is -0.291 e. The maximum atomic E-state index is 14.4. The second kappa shape index (κ2) is 7.46. The molecule has 1 saturated carbocycles. The molecule has 4 nitrogen and oxygen atoms in total. The van der Waals surface area contributed by atoms with Gasteiger partial charge in [-0.25, -0.2) is 4.39 Å². The Balaban J connectivity index is 2.09. The van der Waals surface area contributed by atoms with E-state index in [1.54, 1.807) is 6.07 Å². The zero-order chi connectivity index (χ0) is 21.6. The first-order valence-electron chi connectivity index (χ1n) is 9.61. The minimum absolute atomic E-state index is 0.228. The third-order valence-electron chi connectivity index (χ3n) is 5.42. The van der Waals surface area contributed by atoms with Crippen LogP contribution in [0.25, 0.3) is 0 Å². The van der Waals surface area contributed by atoms with Crippen molar-refractivity contribution < 1.29 is 22.4 Å². The smallest absolute Gasteiger partial charge is 0.291 e. The van der Waals surface area contributed by atoms with Crippen LogP contribution in [0.5, 0.6) is 0 Å². The van der Waals surface area contributed by atoms with E-state index in [2.05, 4.69) is 4.99 Å². The largest absolute Gasteiger partial charge is 0.419 e. The van der Waals surface area contributed by atoms with Crippen molar-refractivity contribution in [3.63, 3.8) is 0 Å². The normalized spacial score (nSPS) is 16.2. The number of hydrogen-bond acceptors (Lipinski definition) is 1. The number of nitrogens with zero attached hydrogens (tertiary/aromatic N) is 3. The monoisotopic (exact) mass is 411 g/mol. The molecule has 0 bridgehead atoms. The molecule has 1 aromatic heterocycles. The molecule has 3 rings (SSSR count). The fourth-order valence-corrected chi connectivity index (χ4v) is 3.58. The lowest BCUT2D eigenvalue weighted by Crippen LogP contribution is -2.30. The number of alkyl halides is 3. The molecule has 8 heteroatoms. The maximum Gasteiger partial charge on any atom is 0.419 e. The summed E-state index contributed by atoms with van der Waals surface area (Å²) in [7, 11) is 1.87. The Bertz CT molecular complexity index is 989. The fraction of sp³-hybridized carbons (Fsp3) is 0.524. The van der Waals surface area contributed by atoms with Crippen molar-refractivity contribution in [3.05, 3.63) is 52.4 Å². The molecule has 0 radical (unpaired) electrons. The van der Waals surface area contributed by atoms with Gasteiger partial charge >= 0.3 is 6.18 Å². The van der Waals surface area contributed by atoms with Crippen LogP contribution >= 0.6 is 0 Å². The Hall–Kier alpha value is -2.38. The van der Waals surface area contributed by atoms with E-state index < -0.39 is 29.0 Å². The van der Waals surface area contributed by atoms with Crippen molar-refractivity contribution in [1.82, 2.24) is 9.36 Å². The third kappa shape index (κ3) is 4.31. The Morgan fingerprint density at radius 1 is 1.21 bits per heavy atom. The Morgan fingerprint density at radius 2 is 1.86 bits per heavy atom. The molecule has 1 heterocycles. The third-order valence-corrected chi connectivity index (χ3v) is 5.42. The van der Waals surface area contributed by atoms with E-state index in [9.17, 15) is 22.4 Å². The van der Waals surface area contributed by atoms with Gasteiger partial charge in [-0.3, -0.25) is 14.2 Å². The predicted molar refractivity (Wildman–Crippen MR) is 101 cm³/mol. The van der Waals surface area contributed by atoms with E-state index in [0.717, 1.165) is 37.1 Å². The van der Waals surface area contributed by atoms with Gasteiger partial charge in [-0.05, 0) is 30.9 Å². The minimum atomic E-state index is -4.88. The van der Waals surface area contributed by atoms with E-state index in [0.29, 0.717) is 24.0 Å². The summed E-state index contributed by atoms with van der Waals surface area (Å²) in [4.78, 5) is 16.6. The summed E-state index contributed by atoms with van der Waals surface area (Å²) in [5.74, 6) is -2.15. The molecule has 1 aliphatic rings. The summed E-state index contributed by atoms with van der Waals surface area (Å²) < 4.78 is 57.0. The van der Waals surface area contributed by atoms with E-state index in [-0.39, 0.29) is 5.41 Å². The van der Waals surface area contributed by atoms with Crippen LogP contribution in [0.2, 0.25) is 0 Å². The number of carbonyl (C=O) groups is 1. The molecule has 158 valence electrons. The topological polar surface area (TPSA) is 39.3 Å². The van der Waals surface area contributed by atoms with Gasteiger partial charge in [0.2, 0.25) is 0 Å². The number of aromatic nitrogens is 2. The van der Waals surface area contributed by atoms with Crippen LogP contribution in [0.15, 0.2) is 29.3 Å². The first-order valence-corrected chi connectivity index (χ1v) is 9.61. The predicted octanol–water partition coefficient (Wildman–Crippen LogP) is 4.82. The van der Waals surface area contributed by atoms with E-state index >= 15 is 0 Å². The highest BCUT2D eigenvalue weighted by atomic mass is 19.4. The number of hydrogen-bond donors (Lipinski definition) is 0. The molecule has 0 atom stereocenters. The summed E-state index contributed by atoms with van der Waals surface area (Å²) >= 11 is 0. The molecule has 0 spiro atoms. The van der Waals surface area contributed by atoms with E-state index in [4.69, 9.17) is 0 Å². The average Bonchev–Trinajstić information content (AvgIpc) is 2.86. The lowest BCUT2D eigenvalue weighted by atomic mass is 9.85. The fourth-order valence-electron chi connectivity index (χ4n) is 3.58. The molecule has 2 aromatic rings. The van der Waals surface area contributed by atoms with E-state index in [1.165, 1.54) is 0 Å². The van der Waals surface area contributed by atoms with Crippen LogP contribution in [0, 0.1) is 11.7 Å². The van der Waals surface area contributed by atoms with Gasteiger partial charge in [0.05, 0.1) is 11.1 Å². The molecule has 29 heavy (non-hydrogen) atoms. The summed E-state index contributed by atoms with van der Waals surface area (Å²) in [5.41, 5.74) is -1.13. The van der Waals surface area contributed by atoms with Crippen molar-refractivity contribution >= 4 is 5.91 Å². The second-order valence-corrected chi connectivity index (χ2v) is 8.62. The van der Waals surface area contributed by atoms with Crippen LogP contribution in [-0.4, -0.2) is 15.3 Å². The lowest BCUT2D eigenvalue weighted by molar-refractivity contribution is -0.140. The second-order valence-electron chi connectivity index (χ2n) is 8.62. The van der Waals surface area contributed by atoms with Crippen LogP contribution in [0.1, 0.15) is 61.6 Å². The molecular formula is C21H25F4N3O. The standard InChI is InChI=1S/C21H25F4N3O/c1-20(2,3)16-11-17(28(27(16)4)12-13-7-5-8-13)26-19(29)14-9-6-10-15(18(14)22)21(23,24)25/h6,9-11,13H,5,7-8,12H2,1-4H3/b26-17-. The first kappa shape index (κ1) is 21.3. The highest BCUT2D eigenvalue weighted by Gasteiger charge is 2.35. The maximum absolute atomic E-state index is 14.4. The summed E-state index contributed by atoms with van der Waals surface area (Å²) in [6.45, 7) is 6.72. The lowest BCUT2D eigenvalue weighted by Gasteiger charge is -2.27. The number of amides is 1. The van der Waals surface area contributed by atoms with Crippen molar-refractivity contribution in [2.75, 3.05) is 0 Å². The quantitative estimate of drug-likeness (QED) is 0.668. The molecule has 1 aliphatic carbocycles. The van der Waals surface area contributed by atoms with Gasteiger partial charge in [-0.2, -0.15) is 18.2 Å². The van der Waals surface area contributed by atoms with Crippen molar-refractivity contribution in [3.8, 4) is 0 Å². The number of benzene rings is 1. The molecule has 0 N–H and O–H groups in total. The molecule has 0 saturated heterocycles. The Labute approximate surface area is 166 Å². The average molecular weight is 411 g/mol. The van der Waals surface area contributed by atoms with Crippen LogP contribution in [-0.2, 0) is 25.2 Å². The van der Waals surface area contributed by atoms with Crippen molar-refractivity contribution in [1.29, 1.82) is 0 Å². The van der Waals surface area contributed by atoms with Gasteiger partial charge in [-0.15, -0.1) is 0 Å². The number of rotatable bonds is 3. The molecule has 1 aromatic carbocycles. The molecule has 1 amide bonds. The Kier molecular flexibility index (Phi) is 5.49. The first-order chi connectivity index (χ1) is 13.4. The van der Waals surface area contributed by atoms with Gasteiger partial charge in [-0.1, -0.05) is 33.3 Å². The van der Waals surface area contributed by atoms with E-state index in [1.807, 2.05) is 37.2 Å². The SMILES string of the molecule is Cn1c(C(C)(C)C)c/c(=N/C(=O)c2cccc(C(F)(F)F)c2F)n1CC1CCC1.